The van der Waals surface area contributed by atoms with Crippen LogP contribution in [0.1, 0.15) is 18.4 Å². The fourth-order valence-electron chi connectivity index (χ4n) is 2.01. The number of hydrogen-bond acceptors (Lipinski definition) is 3. The summed E-state index contributed by atoms with van der Waals surface area (Å²) >= 11 is 0. The van der Waals surface area contributed by atoms with Crippen molar-refractivity contribution in [3.05, 3.63) is 35.9 Å². The van der Waals surface area contributed by atoms with Gasteiger partial charge in [0.2, 0.25) is 5.91 Å². The van der Waals surface area contributed by atoms with Gasteiger partial charge in [-0.15, -0.1) is 0 Å². The number of amides is 1. The van der Waals surface area contributed by atoms with Crippen LogP contribution in [0.3, 0.4) is 0 Å². The maximum Gasteiger partial charge on any atom is 0.222 e. The Bertz CT molecular complexity index is 361. The smallest absolute Gasteiger partial charge is 0.222 e. The van der Waals surface area contributed by atoms with Crippen molar-refractivity contribution in [2.75, 3.05) is 19.7 Å². The Hall–Kier alpha value is -1.39. The fraction of sp³-hybridized carbons (Fsp3) is 0.500. The van der Waals surface area contributed by atoms with Crippen LogP contribution in [0.25, 0.3) is 0 Å². The van der Waals surface area contributed by atoms with E-state index in [0.717, 1.165) is 25.1 Å². The predicted octanol–water partition coefficient (Wildman–Crippen LogP) is 1.07. The molecule has 1 unspecified atom stereocenters. The van der Waals surface area contributed by atoms with Gasteiger partial charge in [-0.25, -0.2) is 0 Å². The van der Waals surface area contributed by atoms with Crippen LogP contribution in [0.4, 0.5) is 0 Å². The van der Waals surface area contributed by atoms with Gasteiger partial charge in [0.15, 0.2) is 0 Å². The first kappa shape index (κ1) is 13.1. The van der Waals surface area contributed by atoms with Crippen LogP contribution in [-0.2, 0) is 16.1 Å². The molecular weight excluding hydrogens is 228 g/mol. The zero-order chi connectivity index (χ0) is 12.6. The molecule has 1 aliphatic heterocycles. The second kappa shape index (κ2) is 7.13. The minimum atomic E-state index is 0.0803. The molecule has 0 aromatic heterocycles. The summed E-state index contributed by atoms with van der Waals surface area (Å²) in [6.07, 6.45) is 1.46. The first-order valence-corrected chi connectivity index (χ1v) is 6.46. The highest BCUT2D eigenvalue weighted by molar-refractivity contribution is 5.76. The predicted molar refractivity (Wildman–Crippen MR) is 70.1 cm³/mol. The van der Waals surface area contributed by atoms with Gasteiger partial charge in [0.1, 0.15) is 0 Å². The maximum atomic E-state index is 11.6. The quantitative estimate of drug-likeness (QED) is 0.740. The number of carbonyl (C=O) groups is 1. The molecular formula is C14H20N2O2. The lowest BCUT2D eigenvalue weighted by molar-refractivity contribution is -0.122. The molecule has 4 nitrogen and oxygen atoms in total. The second-order valence-electron chi connectivity index (χ2n) is 4.55. The van der Waals surface area contributed by atoms with E-state index in [2.05, 4.69) is 10.6 Å². The summed E-state index contributed by atoms with van der Waals surface area (Å²) in [5.41, 5.74) is 1.14. The molecule has 1 fully saturated rings. The summed E-state index contributed by atoms with van der Waals surface area (Å²) in [5, 5.41) is 6.22. The van der Waals surface area contributed by atoms with Crippen molar-refractivity contribution in [2.24, 2.45) is 0 Å². The van der Waals surface area contributed by atoms with Gasteiger partial charge in [0.25, 0.3) is 0 Å². The lowest BCUT2D eigenvalue weighted by Gasteiger charge is -2.11. The van der Waals surface area contributed by atoms with E-state index in [1.54, 1.807) is 0 Å². The van der Waals surface area contributed by atoms with E-state index in [-0.39, 0.29) is 5.91 Å². The topological polar surface area (TPSA) is 50.4 Å². The summed E-state index contributed by atoms with van der Waals surface area (Å²) in [7, 11) is 0. The molecule has 0 bridgehead atoms. The van der Waals surface area contributed by atoms with Crippen molar-refractivity contribution in [1.82, 2.24) is 10.6 Å². The SMILES string of the molecule is O=C(CCOCc1ccccc1)NC1CCNC1. The summed E-state index contributed by atoms with van der Waals surface area (Å²) in [6, 6.07) is 10.3. The average molecular weight is 248 g/mol. The summed E-state index contributed by atoms with van der Waals surface area (Å²) in [6.45, 7) is 2.92. The Morgan fingerprint density at radius 2 is 2.22 bits per heavy atom. The second-order valence-corrected chi connectivity index (χ2v) is 4.55. The standard InChI is InChI=1S/C14H20N2O2/c17-14(16-13-6-8-15-10-13)7-9-18-11-12-4-2-1-3-5-12/h1-5,13,15H,6-11H2,(H,16,17). The molecule has 1 heterocycles. The van der Waals surface area contributed by atoms with Crippen molar-refractivity contribution >= 4 is 5.91 Å². The van der Waals surface area contributed by atoms with Crippen molar-refractivity contribution in [1.29, 1.82) is 0 Å². The Kier molecular flexibility index (Phi) is 5.17. The minimum absolute atomic E-state index is 0.0803. The monoisotopic (exact) mass is 248 g/mol. The van der Waals surface area contributed by atoms with E-state index in [1.807, 2.05) is 30.3 Å². The molecule has 1 aromatic rings. The maximum absolute atomic E-state index is 11.6. The third-order valence-electron chi connectivity index (χ3n) is 3.01. The van der Waals surface area contributed by atoms with Gasteiger partial charge < -0.3 is 15.4 Å². The molecule has 1 aromatic carbocycles. The molecule has 1 amide bonds. The lowest BCUT2D eigenvalue weighted by Crippen LogP contribution is -2.36. The highest BCUT2D eigenvalue weighted by Gasteiger charge is 2.15. The van der Waals surface area contributed by atoms with Gasteiger partial charge >= 0.3 is 0 Å². The van der Waals surface area contributed by atoms with Crippen LogP contribution >= 0.6 is 0 Å². The van der Waals surface area contributed by atoms with Gasteiger partial charge in [0, 0.05) is 19.0 Å². The van der Waals surface area contributed by atoms with E-state index in [9.17, 15) is 4.79 Å². The van der Waals surface area contributed by atoms with Crippen molar-refractivity contribution in [3.8, 4) is 0 Å². The number of benzene rings is 1. The number of hydrogen-bond donors (Lipinski definition) is 2. The summed E-state index contributed by atoms with van der Waals surface area (Å²) < 4.78 is 5.48. The molecule has 1 saturated heterocycles. The third-order valence-corrected chi connectivity index (χ3v) is 3.01. The minimum Gasteiger partial charge on any atom is -0.376 e. The Morgan fingerprint density at radius 3 is 2.94 bits per heavy atom. The zero-order valence-electron chi connectivity index (χ0n) is 10.5. The van der Waals surface area contributed by atoms with Gasteiger partial charge in [-0.2, -0.15) is 0 Å². The first-order chi connectivity index (χ1) is 8.84. The molecule has 0 saturated carbocycles. The average Bonchev–Trinajstić information content (AvgIpc) is 2.89. The number of rotatable bonds is 6. The third kappa shape index (κ3) is 4.47. The largest absolute Gasteiger partial charge is 0.376 e. The Labute approximate surface area is 108 Å². The van der Waals surface area contributed by atoms with Crippen LogP contribution in [0.5, 0.6) is 0 Å². The van der Waals surface area contributed by atoms with Crippen LogP contribution in [0, 0.1) is 0 Å². The van der Waals surface area contributed by atoms with Crippen molar-refractivity contribution < 1.29 is 9.53 Å². The molecule has 18 heavy (non-hydrogen) atoms. The number of carbonyl (C=O) groups excluding carboxylic acids is 1. The molecule has 4 heteroatoms. The Balaban J connectivity index is 1.56. The van der Waals surface area contributed by atoms with E-state index in [0.29, 0.717) is 25.7 Å². The van der Waals surface area contributed by atoms with E-state index < -0.39 is 0 Å². The molecule has 2 N–H and O–H groups in total. The summed E-state index contributed by atoms with van der Waals surface area (Å²) in [4.78, 5) is 11.6. The van der Waals surface area contributed by atoms with Crippen LogP contribution < -0.4 is 10.6 Å². The van der Waals surface area contributed by atoms with E-state index in [4.69, 9.17) is 4.74 Å². The van der Waals surface area contributed by atoms with Crippen molar-refractivity contribution in [2.45, 2.75) is 25.5 Å². The van der Waals surface area contributed by atoms with Gasteiger partial charge in [-0.3, -0.25) is 4.79 Å². The molecule has 1 aliphatic rings. The highest BCUT2D eigenvalue weighted by atomic mass is 16.5. The van der Waals surface area contributed by atoms with Crippen LogP contribution in [0.2, 0.25) is 0 Å². The highest BCUT2D eigenvalue weighted by Crippen LogP contribution is 2.01. The zero-order valence-corrected chi connectivity index (χ0v) is 10.5. The van der Waals surface area contributed by atoms with E-state index in [1.165, 1.54) is 0 Å². The van der Waals surface area contributed by atoms with E-state index >= 15 is 0 Å². The normalized spacial score (nSPS) is 18.8. The molecule has 2 rings (SSSR count). The van der Waals surface area contributed by atoms with Crippen LogP contribution in [0.15, 0.2) is 30.3 Å². The molecule has 0 spiro atoms. The fourth-order valence-corrected chi connectivity index (χ4v) is 2.01. The van der Waals surface area contributed by atoms with Crippen LogP contribution in [-0.4, -0.2) is 31.6 Å². The molecule has 0 aliphatic carbocycles. The van der Waals surface area contributed by atoms with Gasteiger partial charge in [-0.05, 0) is 18.5 Å². The number of nitrogens with one attached hydrogen (secondary N) is 2. The van der Waals surface area contributed by atoms with Gasteiger partial charge in [-0.1, -0.05) is 30.3 Å². The first-order valence-electron chi connectivity index (χ1n) is 6.46. The number of ether oxygens (including phenoxy) is 1. The lowest BCUT2D eigenvalue weighted by atomic mass is 10.2. The molecule has 98 valence electrons. The molecule has 1 atom stereocenters. The van der Waals surface area contributed by atoms with Gasteiger partial charge in [0.05, 0.1) is 13.2 Å². The summed E-state index contributed by atoms with van der Waals surface area (Å²) in [5.74, 6) is 0.0803. The van der Waals surface area contributed by atoms with Crippen molar-refractivity contribution in [3.63, 3.8) is 0 Å². The molecule has 0 radical (unpaired) electrons. The Morgan fingerprint density at radius 1 is 1.39 bits per heavy atom.